The fraction of sp³-hybridized carbons (Fsp3) is 0.677. The number of allylic oxidation sites excluding steroid dienone is 28. The van der Waals surface area contributed by atoms with Crippen molar-refractivity contribution >= 4 is 19.8 Å². The second-order valence-electron chi connectivity index (χ2n) is 28.0. The maximum absolute atomic E-state index is 12.8. The van der Waals surface area contributed by atoms with Crippen LogP contribution < -0.4 is 5.73 Å². The Morgan fingerprint density at radius 1 is 0.301 bits per heavy atom. The number of nitrogens with two attached hydrogens (primary N) is 1. The van der Waals surface area contributed by atoms with Crippen LogP contribution in [0.3, 0.4) is 0 Å². The fourth-order valence-electron chi connectivity index (χ4n) is 11.8. The Morgan fingerprint density at radius 2 is 0.534 bits per heavy atom. The number of rotatable bonds is 79. The lowest BCUT2D eigenvalue weighted by atomic mass is 10.0. The van der Waals surface area contributed by atoms with Crippen molar-refractivity contribution < 1.29 is 37.6 Å². The molecule has 2 atom stereocenters. The van der Waals surface area contributed by atoms with E-state index in [1.165, 1.54) is 212 Å². The van der Waals surface area contributed by atoms with Crippen LogP contribution in [-0.2, 0) is 32.7 Å². The van der Waals surface area contributed by atoms with E-state index in [9.17, 15) is 19.0 Å². The van der Waals surface area contributed by atoms with Crippen LogP contribution in [0.25, 0.3) is 0 Å². The van der Waals surface area contributed by atoms with Gasteiger partial charge in [-0.05, 0) is 135 Å². The van der Waals surface area contributed by atoms with Crippen molar-refractivity contribution in [2.75, 3.05) is 26.4 Å². The Bertz CT molecular complexity index is 2310. The Kier molecular flexibility index (Phi) is 82.4. The highest BCUT2D eigenvalue weighted by molar-refractivity contribution is 7.47. The number of esters is 2. The second kappa shape index (κ2) is 86.3. The average Bonchev–Trinajstić information content (AvgIpc) is 0.970. The number of carbonyl (C=O) groups excluding carboxylic acids is 2. The minimum atomic E-state index is -4.42. The summed E-state index contributed by atoms with van der Waals surface area (Å²) in [4.78, 5) is 35.5. The smallest absolute Gasteiger partial charge is 0.462 e. The van der Waals surface area contributed by atoms with Gasteiger partial charge in [-0.2, -0.15) is 0 Å². The molecule has 2 unspecified atom stereocenters. The van der Waals surface area contributed by atoms with Gasteiger partial charge in [0.2, 0.25) is 0 Å². The van der Waals surface area contributed by atoms with Crippen LogP contribution >= 0.6 is 7.82 Å². The van der Waals surface area contributed by atoms with Crippen molar-refractivity contribution in [2.45, 2.75) is 380 Å². The van der Waals surface area contributed by atoms with Crippen LogP contribution in [0, 0.1) is 0 Å². The molecule has 10 heteroatoms. The van der Waals surface area contributed by atoms with Crippen molar-refractivity contribution in [1.82, 2.24) is 0 Å². The van der Waals surface area contributed by atoms with Crippen LogP contribution in [0.15, 0.2) is 170 Å². The highest BCUT2D eigenvalue weighted by Gasteiger charge is 2.26. The van der Waals surface area contributed by atoms with Crippen LogP contribution in [0.1, 0.15) is 373 Å². The molecule has 0 bridgehead atoms. The zero-order chi connectivity index (χ0) is 74.3. The SMILES string of the molecule is CC/C=C\C/C=C\C/C=C\C/C=C\C/C=C\C/C=C\C/C=C\C/C=C\C/C=C\C/C=C\C/C=C\C/C=C\CCCCCCC(=O)OC(COC(=O)CCCCCCCCCCCCCCCCCCCCCCCCCCCCCCC/C=C\C/C=C\CCCCCCC)COP(=O)(O)OCCN. The van der Waals surface area contributed by atoms with Crippen molar-refractivity contribution in [1.29, 1.82) is 0 Å². The molecule has 0 aliphatic heterocycles. The summed E-state index contributed by atoms with van der Waals surface area (Å²) in [5.74, 6) is -0.854. The number of ether oxygens (including phenoxy) is 2. The second-order valence-corrected chi connectivity index (χ2v) is 29.4. The van der Waals surface area contributed by atoms with Crippen molar-refractivity contribution in [3.8, 4) is 0 Å². The van der Waals surface area contributed by atoms with Gasteiger partial charge in [-0.1, -0.05) is 396 Å². The lowest BCUT2D eigenvalue weighted by Crippen LogP contribution is -2.29. The third-order valence-electron chi connectivity index (χ3n) is 18.1. The molecule has 9 nitrogen and oxygen atoms in total. The Morgan fingerprint density at radius 3 is 0.796 bits per heavy atom. The van der Waals surface area contributed by atoms with Crippen LogP contribution in [0.2, 0.25) is 0 Å². The molecule has 588 valence electrons. The minimum Gasteiger partial charge on any atom is -0.462 e. The quantitative estimate of drug-likeness (QED) is 0.0264. The molecule has 103 heavy (non-hydrogen) atoms. The van der Waals surface area contributed by atoms with Crippen molar-refractivity contribution in [3.05, 3.63) is 170 Å². The standard InChI is InChI=1S/C93H158NO8P/c1-3-5-7-9-11-13-15-17-19-21-23-25-27-29-31-33-35-37-39-41-43-45-47-49-51-53-55-57-59-61-63-65-67-69-71-73-75-77-79-81-83-85-92(95)99-89-91(90-101-103(97,98)100-88-87-94)102-93(96)86-84-82-80-78-76-74-72-70-68-66-64-62-60-58-56-54-52-50-48-46-44-42-40-38-36-34-32-30-28-26-24-22-20-18-16-14-12-10-8-6-4-2/h6,8,12,14-15,17-18,20-21,23-24,26,30,32,36,38,42,44,48,50,54,56,60,62,66,68,72,74,91H,3-5,7,9-11,13,16,19,22,25,27-29,31,33-35,37,39-41,43,45-47,49,51-53,55,57-59,61,63-65,67,69-71,73,75-90,94H2,1-2H3,(H,97,98)/b8-6-,14-12-,17-15-,20-18-,23-21-,26-24-,32-30-,38-36-,44-42-,50-48-,56-54-,62-60-,68-66-,74-72-. The van der Waals surface area contributed by atoms with Crippen LogP contribution in [0.4, 0.5) is 0 Å². The normalized spacial score (nSPS) is 13.7. The van der Waals surface area contributed by atoms with Gasteiger partial charge in [0, 0.05) is 19.4 Å². The van der Waals surface area contributed by atoms with Gasteiger partial charge in [-0.25, -0.2) is 4.57 Å². The lowest BCUT2D eigenvalue weighted by Gasteiger charge is -2.19. The van der Waals surface area contributed by atoms with E-state index < -0.39 is 26.5 Å². The molecular weight excluding hydrogens is 1290 g/mol. The summed E-state index contributed by atoms with van der Waals surface area (Å²) in [5.41, 5.74) is 5.42. The largest absolute Gasteiger partial charge is 0.472 e. The molecule has 0 aliphatic rings. The highest BCUT2D eigenvalue weighted by atomic mass is 31.2. The molecular formula is C93H158NO8P. The van der Waals surface area contributed by atoms with Gasteiger partial charge in [-0.15, -0.1) is 0 Å². The third kappa shape index (κ3) is 86.2. The zero-order valence-corrected chi connectivity index (χ0v) is 67.4. The number of carbonyl (C=O) groups is 2. The molecule has 0 radical (unpaired) electrons. The zero-order valence-electron chi connectivity index (χ0n) is 66.5. The number of hydrogen-bond acceptors (Lipinski definition) is 8. The average molecular weight is 1450 g/mol. The third-order valence-corrected chi connectivity index (χ3v) is 19.1. The number of phosphoric ester groups is 1. The lowest BCUT2D eigenvalue weighted by molar-refractivity contribution is -0.161. The summed E-state index contributed by atoms with van der Waals surface area (Å²) in [6.07, 6.45) is 128. The Balaban J connectivity index is 3.88. The number of unbranched alkanes of at least 4 members (excludes halogenated alkanes) is 38. The van der Waals surface area contributed by atoms with E-state index in [0.717, 1.165) is 128 Å². The predicted molar refractivity (Wildman–Crippen MR) is 449 cm³/mol. The molecule has 3 N–H and O–H groups in total. The molecule has 0 aromatic carbocycles. The molecule has 0 aromatic heterocycles. The first kappa shape index (κ1) is 98.4. The van der Waals surface area contributed by atoms with Crippen LogP contribution in [0.5, 0.6) is 0 Å². The summed E-state index contributed by atoms with van der Waals surface area (Å²) >= 11 is 0. The van der Waals surface area contributed by atoms with Gasteiger partial charge in [0.05, 0.1) is 13.2 Å². The molecule has 0 spiro atoms. The monoisotopic (exact) mass is 1450 g/mol. The first-order chi connectivity index (χ1) is 50.8. The van der Waals surface area contributed by atoms with E-state index in [1.54, 1.807) is 0 Å². The van der Waals surface area contributed by atoms with Gasteiger partial charge in [0.15, 0.2) is 6.10 Å². The Labute approximate surface area is 635 Å². The molecule has 0 aromatic rings. The molecule has 0 saturated heterocycles. The number of hydrogen-bond donors (Lipinski definition) is 2. The summed E-state index contributed by atoms with van der Waals surface area (Å²) in [6, 6.07) is 0. The number of phosphoric acid groups is 1. The maximum Gasteiger partial charge on any atom is 0.472 e. The van der Waals surface area contributed by atoms with Gasteiger partial charge in [0.25, 0.3) is 0 Å². The van der Waals surface area contributed by atoms with Gasteiger partial charge >= 0.3 is 19.8 Å². The summed E-state index contributed by atoms with van der Waals surface area (Å²) in [6.45, 7) is 3.61. The summed E-state index contributed by atoms with van der Waals surface area (Å²) < 4.78 is 33.3. The van der Waals surface area contributed by atoms with Crippen molar-refractivity contribution in [2.24, 2.45) is 5.73 Å². The first-order valence-electron chi connectivity index (χ1n) is 42.6. The van der Waals surface area contributed by atoms with Gasteiger partial charge in [0.1, 0.15) is 6.61 Å². The molecule has 0 fully saturated rings. The molecule has 0 saturated carbocycles. The van der Waals surface area contributed by atoms with E-state index in [-0.39, 0.29) is 38.6 Å². The fourth-order valence-corrected chi connectivity index (χ4v) is 12.6. The topological polar surface area (TPSA) is 134 Å². The summed E-state index contributed by atoms with van der Waals surface area (Å²) in [5, 5.41) is 0. The van der Waals surface area contributed by atoms with E-state index in [1.807, 2.05) is 0 Å². The highest BCUT2D eigenvalue weighted by Crippen LogP contribution is 2.43. The van der Waals surface area contributed by atoms with Crippen molar-refractivity contribution in [3.63, 3.8) is 0 Å². The molecule has 0 heterocycles. The van der Waals surface area contributed by atoms with E-state index in [2.05, 4.69) is 184 Å². The molecule has 0 amide bonds. The Hall–Kier alpha value is -4.63. The van der Waals surface area contributed by atoms with E-state index in [0.29, 0.717) is 6.42 Å². The van der Waals surface area contributed by atoms with E-state index >= 15 is 0 Å². The maximum atomic E-state index is 12.8. The van der Waals surface area contributed by atoms with Gasteiger partial charge in [-0.3, -0.25) is 18.6 Å². The molecule has 0 aliphatic carbocycles. The van der Waals surface area contributed by atoms with Gasteiger partial charge < -0.3 is 20.1 Å². The minimum absolute atomic E-state index is 0.0424. The molecule has 0 rings (SSSR count). The van der Waals surface area contributed by atoms with E-state index in [4.69, 9.17) is 24.3 Å². The summed E-state index contributed by atoms with van der Waals surface area (Å²) in [7, 11) is -4.42. The first-order valence-corrected chi connectivity index (χ1v) is 44.1. The predicted octanol–water partition coefficient (Wildman–Crippen LogP) is 29.2. The van der Waals surface area contributed by atoms with Crippen LogP contribution in [-0.4, -0.2) is 49.3 Å².